The summed E-state index contributed by atoms with van der Waals surface area (Å²) in [4.78, 5) is 27.1. The van der Waals surface area contributed by atoms with Crippen LogP contribution in [-0.4, -0.2) is 40.8 Å². The van der Waals surface area contributed by atoms with Crippen molar-refractivity contribution in [2.24, 2.45) is 7.05 Å². The molecule has 9 heteroatoms. The number of nitrogens with zero attached hydrogens (tertiary/aromatic N) is 6. The molecule has 0 spiro atoms. The molecule has 0 aliphatic heterocycles. The Morgan fingerprint density at radius 1 is 1.38 bits per heavy atom. The predicted octanol–water partition coefficient (Wildman–Crippen LogP) is -0.334. The highest BCUT2D eigenvalue weighted by Crippen LogP contribution is 2.04. The lowest BCUT2D eigenvalue weighted by Gasteiger charge is -2.04. The summed E-state index contributed by atoms with van der Waals surface area (Å²) in [6.07, 6.45) is 1.42. The molecule has 0 aliphatic carbocycles. The minimum absolute atomic E-state index is 0.0395. The van der Waals surface area contributed by atoms with Gasteiger partial charge in [0.05, 0.1) is 18.4 Å². The maximum Gasteiger partial charge on any atom is 0.354 e. The molecule has 0 aromatic carbocycles. The van der Waals surface area contributed by atoms with E-state index in [4.69, 9.17) is 5.11 Å². The number of carboxylic acid groups (broad SMARTS) is 1. The fraction of sp³-hybridized carbons (Fsp3) is 0.167. The Hall–Kier alpha value is -3.10. The lowest BCUT2D eigenvalue weighted by atomic mass is 10.3. The summed E-state index contributed by atoms with van der Waals surface area (Å²) in [7, 11) is 1.67. The lowest BCUT2D eigenvalue weighted by molar-refractivity contribution is 0.0690. The van der Waals surface area contributed by atoms with Crippen molar-refractivity contribution in [3.05, 3.63) is 46.1 Å². The zero-order chi connectivity index (χ0) is 15.0. The summed E-state index contributed by atoms with van der Waals surface area (Å²) >= 11 is 0. The van der Waals surface area contributed by atoms with Gasteiger partial charge in [0, 0.05) is 7.05 Å². The molecule has 9 nitrogen and oxygen atoms in total. The third-order valence-corrected chi connectivity index (χ3v) is 2.96. The standard InChI is InChI=1S/C12H10N6O3/c1-17-10-8(5-13-17)11(19)18(16-15-10)6-7-3-2-4-9(14-7)12(20)21/h2-5H,6H2,1H3,(H,20,21). The van der Waals surface area contributed by atoms with E-state index in [1.807, 2.05) is 0 Å². The Labute approximate surface area is 117 Å². The van der Waals surface area contributed by atoms with Crippen LogP contribution in [0.15, 0.2) is 29.2 Å². The predicted molar refractivity (Wildman–Crippen MR) is 70.9 cm³/mol. The molecule has 0 aliphatic rings. The van der Waals surface area contributed by atoms with Crippen LogP contribution in [0, 0.1) is 0 Å². The Balaban J connectivity index is 2.02. The second-order valence-electron chi connectivity index (χ2n) is 4.38. The molecule has 0 amide bonds. The maximum atomic E-state index is 12.2. The number of aryl methyl sites for hydroxylation is 1. The first-order chi connectivity index (χ1) is 10.1. The third kappa shape index (κ3) is 2.24. The molecular formula is C12H10N6O3. The van der Waals surface area contributed by atoms with Crippen LogP contribution in [0.3, 0.4) is 0 Å². The Morgan fingerprint density at radius 2 is 2.19 bits per heavy atom. The van der Waals surface area contributed by atoms with Crippen molar-refractivity contribution in [3.63, 3.8) is 0 Å². The number of pyridine rings is 1. The largest absolute Gasteiger partial charge is 0.477 e. The van der Waals surface area contributed by atoms with Crippen LogP contribution >= 0.6 is 0 Å². The number of aromatic carboxylic acids is 1. The van der Waals surface area contributed by atoms with Crippen LogP contribution in [0.1, 0.15) is 16.2 Å². The minimum atomic E-state index is -1.13. The van der Waals surface area contributed by atoms with E-state index in [-0.39, 0.29) is 17.8 Å². The molecule has 1 N–H and O–H groups in total. The number of hydrogen-bond acceptors (Lipinski definition) is 6. The molecule has 3 aromatic rings. The van der Waals surface area contributed by atoms with Gasteiger partial charge in [-0.2, -0.15) is 5.10 Å². The fourth-order valence-electron chi connectivity index (χ4n) is 1.92. The van der Waals surface area contributed by atoms with Crippen molar-refractivity contribution < 1.29 is 9.90 Å². The van der Waals surface area contributed by atoms with E-state index >= 15 is 0 Å². The summed E-state index contributed by atoms with van der Waals surface area (Å²) in [5.41, 5.74) is 0.365. The second-order valence-corrected chi connectivity index (χ2v) is 4.38. The van der Waals surface area contributed by atoms with Crippen molar-refractivity contribution >= 4 is 17.0 Å². The molecule has 0 saturated carbocycles. The van der Waals surface area contributed by atoms with Gasteiger partial charge in [-0.25, -0.2) is 19.1 Å². The van der Waals surface area contributed by atoms with Crippen LogP contribution in [0.5, 0.6) is 0 Å². The van der Waals surface area contributed by atoms with Crippen molar-refractivity contribution in [1.82, 2.24) is 29.8 Å². The van der Waals surface area contributed by atoms with E-state index in [9.17, 15) is 9.59 Å². The van der Waals surface area contributed by atoms with Gasteiger partial charge in [-0.05, 0) is 12.1 Å². The topological polar surface area (TPSA) is 116 Å². The van der Waals surface area contributed by atoms with Gasteiger partial charge >= 0.3 is 5.97 Å². The van der Waals surface area contributed by atoms with Gasteiger partial charge in [0.25, 0.3) is 5.56 Å². The summed E-state index contributed by atoms with van der Waals surface area (Å²) in [6.45, 7) is 0.0395. The van der Waals surface area contributed by atoms with E-state index in [2.05, 4.69) is 20.4 Å². The molecular weight excluding hydrogens is 276 g/mol. The number of carbonyl (C=O) groups is 1. The zero-order valence-corrected chi connectivity index (χ0v) is 11.0. The molecule has 0 atom stereocenters. The van der Waals surface area contributed by atoms with Crippen LogP contribution in [0.4, 0.5) is 0 Å². The van der Waals surface area contributed by atoms with Crippen LogP contribution in [-0.2, 0) is 13.6 Å². The Kier molecular flexibility index (Phi) is 2.94. The average molecular weight is 286 g/mol. The lowest BCUT2D eigenvalue weighted by Crippen LogP contribution is -2.25. The van der Waals surface area contributed by atoms with Crippen LogP contribution < -0.4 is 5.56 Å². The highest BCUT2D eigenvalue weighted by molar-refractivity contribution is 5.85. The maximum absolute atomic E-state index is 12.2. The van der Waals surface area contributed by atoms with E-state index in [0.717, 1.165) is 4.68 Å². The first-order valence-corrected chi connectivity index (χ1v) is 6.01. The number of carboxylic acids is 1. The Morgan fingerprint density at radius 3 is 2.95 bits per heavy atom. The molecule has 21 heavy (non-hydrogen) atoms. The van der Waals surface area contributed by atoms with Gasteiger partial charge in [-0.15, -0.1) is 5.10 Å². The number of rotatable bonds is 3. The van der Waals surface area contributed by atoms with Crippen molar-refractivity contribution in [3.8, 4) is 0 Å². The molecule has 3 rings (SSSR count). The van der Waals surface area contributed by atoms with Gasteiger partial charge < -0.3 is 5.11 Å². The SMILES string of the molecule is Cn1ncc2c(=O)n(Cc3cccc(C(=O)O)n3)nnc21. The van der Waals surface area contributed by atoms with Crippen molar-refractivity contribution in [2.75, 3.05) is 0 Å². The van der Waals surface area contributed by atoms with Crippen LogP contribution in [0.25, 0.3) is 11.0 Å². The van der Waals surface area contributed by atoms with Crippen molar-refractivity contribution in [2.45, 2.75) is 6.54 Å². The normalized spacial score (nSPS) is 10.9. The van der Waals surface area contributed by atoms with E-state index in [1.165, 1.54) is 16.9 Å². The van der Waals surface area contributed by atoms with Gasteiger partial charge in [0.1, 0.15) is 11.1 Å². The smallest absolute Gasteiger partial charge is 0.354 e. The van der Waals surface area contributed by atoms with Gasteiger partial charge in [-0.1, -0.05) is 11.3 Å². The first-order valence-electron chi connectivity index (χ1n) is 6.01. The van der Waals surface area contributed by atoms with Crippen molar-refractivity contribution in [1.29, 1.82) is 0 Å². The number of fused-ring (bicyclic) bond motifs is 1. The molecule has 0 radical (unpaired) electrons. The van der Waals surface area contributed by atoms with Gasteiger partial charge in [0.15, 0.2) is 5.65 Å². The minimum Gasteiger partial charge on any atom is -0.477 e. The molecule has 0 fully saturated rings. The molecule has 3 aromatic heterocycles. The molecule has 0 unspecified atom stereocenters. The third-order valence-electron chi connectivity index (χ3n) is 2.96. The van der Waals surface area contributed by atoms with Gasteiger partial charge in [0.2, 0.25) is 0 Å². The molecule has 0 bridgehead atoms. The van der Waals surface area contributed by atoms with Crippen LogP contribution in [0.2, 0.25) is 0 Å². The van der Waals surface area contributed by atoms with E-state index < -0.39 is 5.97 Å². The number of aromatic nitrogens is 6. The monoisotopic (exact) mass is 286 g/mol. The summed E-state index contributed by atoms with van der Waals surface area (Å²) in [5.74, 6) is -1.13. The fourth-order valence-corrected chi connectivity index (χ4v) is 1.92. The summed E-state index contributed by atoms with van der Waals surface area (Å²) < 4.78 is 2.58. The van der Waals surface area contributed by atoms with E-state index in [0.29, 0.717) is 16.7 Å². The zero-order valence-electron chi connectivity index (χ0n) is 11.0. The van der Waals surface area contributed by atoms with Gasteiger partial charge in [-0.3, -0.25) is 4.79 Å². The quantitative estimate of drug-likeness (QED) is 0.700. The second kappa shape index (κ2) is 4.78. The van der Waals surface area contributed by atoms with E-state index in [1.54, 1.807) is 19.2 Å². The highest BCUT2D eigenvalue weighted by Gasteiger charge is 2.11. The average Bonchev–Trinajstić information content (AvgIpc) is 2.84. The first kappa shape index (κ1) is 12.9. The highest BCUT2D eigenvalue weighted by atomic mass is 16.4. The Bertz CT molecular complexity index is 897. The molecule has 3 heterocycles. The molecule has 106 valence electrons. The summed E-state index contributed by atoms with van der Waals surface area (Å²) in [6, 6.07) is 4.56. The molecule has 0 saturated heterocycles. The number of hydrogen-bond donors (Lipinski definition) is 1. The summed E-state index contributed by atoms with van der Waals surface area (Å²) in [5, 5.41) is 20.9.